The summed E-state index contributed by atoms with van der Waals surface area (Å²) >= 11 is 0. The van der Waals surface area contributed by atoms with Crippen molar-refractivity contribution < 1.29 is 49.6 Å². The second-order valence-electron chi connectivity index (χ2n) is 7.59. The number of carbonyl (C=O) groups is 1. The second kappa shape index (κ2) is 9.81. The van der Waals surface area contributed by atoms with Crippen LogP contribution in [0.15, 0.2) is 6.20 Å². The molecule has 2 aliphatic heterocycles. The van der Waals surface area contributed by atoms with Crippen LogP contribution in [-0.2, 0) is 25.6 Å². The maximum atomic E-state index is 11.7. The Labute approximate surface area is 177 Å². The molecule has 7 N–H and O–H groups in total. The average molecular weight is 448 g/mol. The normalized spacial score (nSPS) is 41.2. The number of hydrogen-bond donors (Lipinski definition) is 7. The lowest BCUT2D eigenvalue weighted by Gasteiger charge is -2.47. The molecule has 0 aliphatic carbocycles. The summed E-state index contributed by atoms with van der Waals surface area (Å²) in [6, 6.07) is -1.12. The average Bonchev–Trinajstić information content (AvgIpc) is 3.22. The molecule has 1 amide bonds. The van der Waals surface area contributed by atoms with E-state index in [0.29, 0.717) is 0 Å². The Balaban J connectivity index is 1.85. The van der Waals surface area contributed by atoms with Crippen molar-refractivity contribution in [1.82, 2.24) is 20.3 Å². The van der Waals surface area contributed by atoms with Crippen molar-refractivity contribution in [2.45, 2.75) is 81.7 Å². The first-order valence-corrected chi connectivity index (χ1v) is 9.76. The van der Waals surface area contributed by atoms with Gasteiger partial charge in [-0.1, -0.05) is 5.21 Å². The van der Waals surface area contributed by atoms with Gasteiger partial charge < -0.3 is 50.2 Å². The lowest BCUT2D eigenvalue weighted by atomic mass is 9.94. The fourth-order valence-electron chi connectivity index (χ4n) is 3.66. The molecule has 10 atom stereocenters. The number of rotatable bonds is 6. The summed E-state index contributed by atoms with van der Waals surface area (Å²) in [6.45, 7) is 1.69. The number of nitrogens with one attached hydrogen (secondary N) is 1. The topological polar surface area (TPSA) is 209 Å². The summed E-state index contributed by atoms with van der Waals surface area (Å²) in [5.41, 5.74) is 0.221. The summed E-state index contributed by atoms with van der Waals surface area (Å²) < 4.78 is 18.0. The zero-order chi connectivity index (χ0) is 22.9. The minimum atomic E-state index is -1.64. The molecule has 31 heavy (non-hydrogen) atoms. The van der Waals surface area contributed by atoms with E-state index in [0.717, 1.165) is 0 Å². The van der Waals surface area contributed by atoms with Gasteiger partial charge in [0.1, 0.15) is 48.4 Å². The molecule has 1 aromatic heterocycles. The molecule has 14 nitrogen and oxygen atoms in total. The van der Waals surface area contributed by atoms with Gasteiger partial charge in [0.15, 0.2) is 12.5 Å². The van der Waals surface area contributed by atoms with Crippen LogP contribution in [0.25, 0.3) is 0 Å². The number of amides is 1. The van der Waals surface area contributed by atoms with E-state index in [1.807, 2.05) is 0 Å². The number of nitrogens with zero attached hydrogens (tertiary/aromatic N) is 3. The molecule has 0 saturated carbocycles. The predicted octanol–water partition coefficient (Wildman–Crippen LogP) is -4.26. The first kappa shape index (κ1) is 23.9. The number of hydrogen-bond acceptors (Lipinski definition) is 12. The van der Waals surface area contributed by atoms with Gasteiger partial charge in [0.05, 0.1) is 25.5 Å². The third-order valence-electron chi connectivity index (χ3n) is 5.32. The molecule has 14 heteroatoms. The highest BCUT2D eigenvalue weighted by Crippen LogP contribution is 2.32. The molecule has 0 unspecified atom stereocenters. The van der Waals surface area contributed by atoms with Crippen LogP contribution in [0.4, 0.5) is 0 Å². The first-order chi connectivity index (χ1) is 14.7. The van der Waals surface area contributed by atoms with Crippen LogP contribution in [0.3, 0.4) is 0 Å². The molecule has 3 rings (SSSR count). The lowest BCUT2D eigenvalue weighted by molar-refractivity contribution is -0.335. The Kier molecular flexibility index (Phi) is 7.56. The Morgan fingerprint density at radius 1 is 1.16 bits per heavy atom. The molecule has 0 aromatic carbocycles. The molecule has 0 radical (unpaired) electrons. The monoisotopic (exact) mass is 448 g/mol. The zero-order valence-electron chi connectivity index (χ0n) is 16.9. The minimum Gasteiger partial charge on any atom is -0.394 e. The Bertz CT molecular complexity index is 750. The van der Waals surface area contributed by atoms with E-state index in [4.69, 9.17) is 14.2 Å². The van der Waals surface area contributed by atoms with E-state index in [1.165, 1.54) is 24.7 Å². The quantitative estimate of drug-likeness (QED) is 0.221. The first-order valence-electron chi connectivity index (χ1n) is 9.76. The fraction of sp³-hybridized carbons (Fsp3) is 0.824. The van der Waals surface area contributed by atoms with Crippen LogP contribution in [0.5, 0.6) is 0 Å². The van der Waals surface area contributed by atoms with Gasteiger partial charge in [0.2, 0.25) is 5.91 Å². The van der Waals surface area contributed by atoms with Crippen molar-refractivity contribution >= 4 is 5.91 Å². The van der Waals surface area contributed by atoms with Gasteiger partial charge in [-0.05, 0) is 6.92 Å². The molecule has 3 heterocycles. The minimum absolute atomic E-state index is 0.221. The standard InChI is InChI=1S/C17H28N4O10/c1-6-11(25)13(27)14(28)17(29-6)31-15-9(5-23)30-16(10(12(15)26)18-7(2)24)21-3-8(4-22)19-20-21/h3,6,9-17,22-23,25-28H,4-5H2,1-2H3,(H,18,24)/t6-,9+,10+,11+,12+,13+,14-,15+,16+,17-/m0/s1. The van der Waals surface area contributed by atoms with Crippen molar-refractivity contribution in [3.63, 3.8) is 0 Å². The second-order valence-corrected chi connectivity index (χ2v) is 7.59. The third-order valence-corrected chi connectivity index (χ3v) is 5.32. The Morgan fingerprint density at radius 2 is 1.87 bits per heavy atom. The summed E-state index contributed by atoms with van der Waals surface area (Å²) in [4.78, 5) is 11.7. The molecule has 0 bridgehead atoms. The fourth-order valence-corrected chi connectivity index (χ4v) is 3.66. The maximum absolute atomic E-state index is 11.7. The highest BCUT2D eigenvalue weighted by atomic mass is 16.7. The molecule has 2 aliphatic rings. The maximum Gasteiger partial charge on any atom is 0.217 e. The van der Waals surface area contributed by atoms with E-state index < -0.39 is 80.4 Å². The number of aliphatic hydroxyl groups excluding tert-OH is 6. The van der Waals surface area contributed by atoms with E-state index in [9.17, 15) is 35.4 Å². The molecular formula is C17H28N4O10. The van der Waals surface area contributed by atoms with E-state index >= 15 is 0 Å². The van der Waals surface area contributed by atoms with Crippen molar-refractivity contribution in [2.75, 3.05) is 6.61 Å². The molecule has 176 valence electrons. The van der Waals surface area contributed by atoms with Gasteiger partial charge >= 0.3 is 0 Å². The number of aromatic nitrogens is 3. The molecule has 1 aromatic rings. The van der Waals surface area contributed by atoms with Crippen LogP contribution in [-0.4, -0.2) is 113 Å². The van der Waals surface area contributed by atoms with E-state index in [-0.39, 0.29) is 5.69 Å². The van der Waals surface area contributed by atoms with Gasteiger partial charge in [0.25, 0.3) is 0 Å². The predicted molar refractivity (Wildman–Crippen MR) is 97.8 cm³/mol. The smallest absolute Gasteiger partial charge is 0.217 e. The lowest BCUT2D eigenvalue weighted by Crippen LogP contribution is -2.65. The van der Waals surface area contributed by atoms with Crippen LogP contribution in [0.1, 0.15) is 25.8 Å². The Morgan fingerprint density at radius 3 is 2.45 bits per heavy atom. The van der Waals surface area contributed by atoms with E-state index in [1.54, 1.807) is 0 Å². The number of carbonyl (C=O) groups excluding carboxylic acids is 1. The third kappa shape index (κ3) is 4.87. The van der Waals surface area contributed by atoms with Crippen LogP contribution < -0.4 is 5.32 Å². The van der Waals surface area contributed by atoms with Crippen LogP contribution in [0, 0.1) is 0 Å². The molecular weight excluding hydrogens is 420 g/mol. The van der Waals surface area contributed by atoms with Gasteiger partial charge in [-0.3, -0.25) is 4.79 Å². The van der Waals surface area contributed by atoms with Crippen molar-refractivity contribution in [2.24, 2.45) is 0 Å². The highest BCUT2D eigenvalue weighted by Gasteiger charge is 2.51. The molecule has 2 saturated heterocycles. The van der Waals surface area contributed by atoms with E-state index in [2.05, 4.69) is 15.6 Å². The van der Waals surface area contributed by atoms with Gasteiger partial charge in [-0.25, -0.2) is 4.68 Å². The molecule has 2 fully saturated rings. The van der Waals surface area contributed by atoms with Crippen molar-refractivity contribution in [1.29, 1.82) is 0 Å². The van der Waals surface area contributed by atoms with Crippen LogP contribution in [0.2, 0.25) is 0 Å². The van der Waals surface area contributed by atoms with Gasteiger partial charge in [-0.2, -0.15) is 0 Å². The largest absolute Gasteiger partial charge is 0.394 e. The zero-order valence-corrected chi connectivity index (χ0v) is 16.9. The summed E-state index contributed by atoms with van der Waals surface area (Å²) in [7, 11) is 0. The Hall–Kier alpha value is -1.75. The highest BCUT2D eigenvalue weighted by molar-refractivity contribution is 5.73. The van der Waals surface area contributed by atoms with Crippen molar-refractivity contribution in [3.8, 4) is 0 Å². The summed E-state index contributed by atoms with van der Waals surface area (Å²) in [5.74, 6) is -0.498. The SMILES string of the molecule is CC(=O)N[C@@H]1[C@@H](O)[C@H](O[C@@H]2O[C@@H](C)[C@@H](O)[C@@H](O)[C@@H]2O)[C@@H](CO)O[C@H]1n1cc(CO)nn1. The van der Waals surface area contributed by atoms with Gasteiger partial charge in [0, 0.05) is 6.92 Å². The van der Waals surface area contributed by atoms with Crippen LogP contribution >= 0.6 is 0 Å². The number of ether oxygens (including phenoxy) is 3. The molecule has 0 spiro atoms. The summed E-state index contributed by atoms with van der Waals surface area (Å²) in [6.07, 6.45) is -10.6. The van der Waals surface area contributed by atoms with Crippen molar-refractivity contribution in [3.05, 3.63) is 11.9 Å². The van der Waals surface area contributed by atoms with Gasteiger partial charge in [-0.15, -0.1) is 5.10 Å². The summed E-state index contributed by atoms with van der Waals surface area (Å²) in [5, 5.41) is 70.1. The number of aliphatic hydroxyl groups is 6.